The zero-order chi connectivity index (χ0) is 55.0. The van der Waals surface area contributed by atoms with Crippen LogP contribution in [0.3, 0.4) is 0 Å². The Balaban J connectivity index is 4.32. The lowest BCUT2D eigenvalue weighted by Crippen LogP contribution is -2.30. The molecule has 0 radical (unpaired) electrons. The van der Waals surface area contributed by atoms with E-state index in [4.69, 9.17) is 14.2 Å². The van der Waals surface area contributed by atoms with Crippen molar-refractivity contribution in [2.75, 3.05) is 13.2 Å². The monoisotopic (exact) mass is 1050 g/mol. The van der Waals surface area contributed by atoms with E-state index in [9.17, 15) is 14.4 Å². The summed E-state index contributed by atoms with van der Waals surface area (Å²) in [5.41, 5.74) is 0. The Bertz CT molecular complexity index is 1540. The maximum atomic E-state index is 12.9. The largest absolute Gasteiger partial charge is 0.462 e. The highest BCUT2D eigenvalue weighted by Gasteiger charge is 2.19. The van der Waals surface area contributed by atoms with Crippen LogP contribution in [0.5, 0.6) is 0 Å². The van der Waals surface area contributed by atoms with Crippen LogP contribution in [0.2, 0.25) is 0 Å². The van der Waals surface area contributed by atoms with Gasteiger partial charge in [-0.15, -0.1) is 0 Å². The van der Waals surface area contributed by atoms with Gasteiger partial charge in [0, 0.05) is 19.3 Å². The van der Waals surface area contributed by atoms with Crippen molar-refractivity contribution in [1.82, 2.24) is 0 Å². The van der Waals surface area contributed by atoms with E-state index < -0.39 is 6.10 Å². The number of unbranched alkanes of at least 4 members (excludes halogenated alkanes) is 28. The lowest BCUT2D eigenvalue weighted by Gasteiger charge is -2.18. The van der Waals surface area contributed by atoms with Crippen LogP contribution in [0.25, 0.3) is 0 Å². The topological polar surface area (TPSA) is 78.9 Å². The van der Waals surface area contributed by atoms with Crippen molar-refractivity contribution in [1.29, 1.82) is 0 Å². The molecule has 0 rings (SSSR count). The Morgan fingerprint density at radius 3 is 0.816 bits per heavy atom. The first-order chi connectivity index (χ1) is 37.5. The van der Waals surface area contributed by atoms with Gasteiger partial charge >= 0.3 is 17.9 Å². The van der Waals surface area contributed by atoms with Gasteiger partial charge in [-0.1, -0.05) is 265 Å². The van der Waals surface area contributed by atoms with Gasteiger partial charge < -0.3 is 14.2 Å². The summed E-state index contributed by atoms with van der Waals surface area (Å²) in [6, 6.07) is 0. The minimum absolute atomic E-state index is 0.0906. The lowest BCUT2D eigenvalue weighted by atomic mass is 10.0. The molecule has 0 aromatic rings. The second kappa shape index (κ2) is 63.6. The smallest absolute Gasteiger partial charge is 0.306 e. The van der Waals surface area contributed by atoms with Gasteiger partial charge in [-0.25, -0.2) is 0 Å². The van der Waals surface area contributed by atoms with E-state index in [2.05, 4.69) is 130 Å². The Hall–Kier alpha value is -3.93. The van der Waals surface area contributed by atoms with Crippen molar-refractivity contribution in [3.63, 3.8) is 0 Å². The fraction of sp³-hybridized carbons (Fsp3) is 0.700. The summed E-state index contributed by atoms with van der Waals surface area (Å²) in [4.78, 5) is 38.3. The Morgan fingerprint density at radius 1 is 0.276 bits per heavy atom. The average molecular weight is 1060 g/mol. The van der Waals surface area contributed by atoms with Crippen LogP contribution in [0.15, 0.2) is 109 Å². The number of esters is 3. The van der Waals surface area contributed by atoms with Crippen LogP contribution >= 0.6 is 0 Å². The molecule has 0 amide bonds. The van der Waals surface area contributed by atoms with Crippen LogP contribution < -0.4 is 0 Å². The molecule has 434 valence electrons. The summed E-state index contributed by atoms with van der Waals surface area (Å²) >= 11 is 0. The third-order valence-corrected chi connectivity index (χ3v) is 13.5. The van der Waals surface area contributed by atoms with Gasteiger partial charge in [-0.05, 0) is 122 Å². The Morgan fingerprint density at radius 2 is 0.513 bits per heavy atom. The van der Waals surface area contributed by atoms with Crippen molar-refractivity contribution in [2.24, 2.45) is 0 Å². The second-order valence-electron chi connectivity index (χ2n) is 20.9. The van der Waals surface area contributed by atoms with Crippen LogP contribution in [0, 0.1) is 0 Å². The molecule has 0 bridgehead atoms. The predicted molar refractivity (Wildman–Crippen MR) is 330 cm³/mol. The Kier molecular flexibility index (Phi) is 60.3. The van der Waals surface area contributed by atoms with Gasteiger partial charge in [0.15, 0.2) is 6.10 Å². The fourth-order valence-electron chi connectivity index (χ4n) is 8.77. The van der Waals surface area contributed by atoms with Crippen molar-refractivity contribution in [2.45, 2.75) is 303 Å². The highest BCUT2D eigenvalue weighted by Crippen LogP contribution is 2.16. The van der Waals surface area contributed by atoms with Crippen molar-refractivity contribution < 1.29 is 28.6 Å². The summed E-state index contributed by atoms with van der Waals surface area (Å²) < 4.78 is 16.9. The van der Waals surface area contributed by atoms with Crippen molar-refractivity contribution in [3.8, 4) is 0 Å². The molecule has 1 unspecified atom stereocenters. The summed E-state index contributed by atoms with van der Waals surface area (Å²) in [6.45, 7) is 6.40. The van der Waals surface area contributed by atoms with Crippen LogP contribution in [-0.2, 0) is 28.6 Å². The van der Waals surface area contributed by atoms with Gasteiger partial charge in [0.25, 0.3) is 0 Å². The van der Waals surface area contributed by atoms with E-state index in [-0.39, 0.29) is 31.1 Å². The molecule has 0 aromatic carbocycles. The lowest BCUT2D eigenvalue weighted by molar-refractivity contribution is -0.167. The zero-order valence-electron chi connectivity index (χ0n) is 49.7. The van der Waals surface area contributed by atoms with Gasteiger partial charge in [-0.3, -0.25) is 14.4 Å². The van der Waals surface area contributed by atoms with Gasteiger partial charge in [0.05, 0.1) is 0 Å². The molecule has 76 heavy (non-hydrogen) atoms. The number of allylic oxidation sites excluding steroid dienone is 18. The van der Waals surface area contributed by atoms with E-state index in [1.807, 2.05) is 0 Å². The maximum absolute atomic E-state index is 12.9. The molecule has 0 aromatic heterocycles. The standard InChI is InChI=1S/C70H118O6/c1-4-7-10-13-16-19-22-25-28-30-31-32-33-34-35-36-37-38-39-41-42-45-48-51-54-57-60-63-69(72)75-66-67(65-74-68(71)62-59-56-53-50-47-44-27-24-21-18-15-12-9-6-3)76-70(73)64-61-58-55-52-49-46-43-40-29-26-23-20-17-14-11-8-5-2/h7-8,10-11,16-17,19-20,24-29,31-32,43,46,67H,4-6,9,12-15,18,21-23,30,33-42,44-45,47-66H2,1-3H3/b10-7-,11-8-,19-16-,20-17-,27-24-,28-25-,29-26-,32-31-,46-43-. The first kappa shape index (κ1) is 72.1. The van der Waals surface area contributed by atoms with Crippen LogP contribution in [0.1, 0.15) is 297 Å². The van der Waals surface area contributed by atoms with Gasteiger partial charge in [0.2, 0.25) is 0 Å². The molecule has 0 N–H and O–H groups in total. The predicted octanol–water partition coefficient (Wildman–Crippen LogP) is 21.8. The van der Waals surface area contributed by atoms with Gasteiger partial charge in [0.1, 0.15) is 13.2 Å². The van der Waals surface area contributed by atoms with Crippen LogP contribution in [-0.4, -0.2) is 37.2 Å². The Labute approximate surface area is 470 Å². The summed E-state index contributed by atoms with van der Waals surface area (Å²) in [5.74, 6) is -0.917. The molecule has 0 fully saturated rings. The normalized spacial score (nSPS) is 12.8. The summed E-state index contributed by atoms with van der Waals surface area (Å²) in [7, 11) is 0. The molecule has 0 aliphatic heterocycles. The minimum atomic E-state index is -0.796. The molecule has 0 aliphatic rings. The quantitative estimate of drug-likeness (QED) is 0.0261. The number of carbonyl (C=O) groups excluding carboxylic acids is 3. The van der Waals surface area contributed by atoms with Crippen molar-refractivity contribution in [3.05, 3.63) is 109 Å². The zero-order valence-corrected chi connectivity index (χ0v) is 49.7. The molecule has 6 heteroatoms. The van der Waals surface area contributed by atoms with E-state index in [1.54, 1.807) is 0 Å². The molecule has 0 heterocycles. The number of carbonyl (C=O) groups is 3. The van der Waals surface area contributed by atoms with E-state index >= 15 is 0 Å². The molecule has 1 atom stereocenters. The molecular weight excluding hydrogens is 937 g/mol. The first-order valence-corrected chi connectivity index (χ1v) is 31.9. The van der Waals surface area contributed by atoms with Crippen LogP contribution in [0.4, 0.5) is 0 Å². The number of hydrogen-bond acceptors (Lipinski definition) is 6. The molecule has 0 spiro atoms. The van der Waals surface area contributed by atoms with Gasteiger partial charge in [-0.2, -0.15) is 0 Å². The third kappa shape index (κ3) is 60.9. The number of hydrogen-bond donors (Lipinski definition) is 0. The molecule has 0 saturated carbocycles. The first-order valence-electron chi connectivity index (χ1n) is 31.9. The number of ether oxygens (including phenoxy) is 3. The molecule has 0 saturated heterocycles. The average Bonchev–Trinajstić information content (AvgIpc) is 3.42. The highest BCUT2D eigenvalue weighted by molar-refractivity contribution is 5.71. The molecule has 0 aliphatic carbocycles. The third-order valence-electron chi connectivity index (χ3n) is 13.5. The molecule has 6 nitrogen and oxygen atoms in total. The van der Waals surface area contributed by atoms with Crippen molar-refractivity contribution >= 4 is 17.9 Å². The van der Waals surface area contributed by atoms with E-state index in [0.717, 1.165) is 128 Å². The number of rotatable bonds is 57. The summed E-state index contributed by atoms with van der Waals surface area (Å²) in [6.07, 6.45) is 86.7. The maximum Gasteiger partial charge on any atom is 0.306 e. The highest BCUT2D eigenvalue weighted by atomic mass is 16.6. The van der Waals surface area contributed by atoms with E-state index in [0.29, 0.717) is 19.3 Å². The second-order valence-corrected chi connectivity index (χ2v) is 20.9. The summed E-state index contributed by atoms with van der Waals surface area (Å²) in [5, 5.41) is 0. The minimum Gasteiger partial charge on any atom is -0.462 e. The SMILES string of the molecule is CC/C=C\C/C=C\C/C=C\C/C=C\CCCCCCCCCCCCCCCCC(=O)OCC(COC(=O)CCCCCCC/C=C\CCCCCCC)OC(=O)CCCCCC/C=C\C/C=C\C/C=C\C/C=C\CC. The molecular formula is C70H118O6. The van der Waals surface area contributed by atoms with E-state index in [1.165, 1.54) is 128 Å². The fourth-order valence-corrected chi connectivity index (χ4v) is 8.77.